The van der Waals surface area contributed by atoms with E-state index in [-0.39, 0.29) is 18.0 Å². The minimum absolute atomic E-state index is 0.184. The molecular formula is C17H27N5O3. The molecule has 1 fully saturated rings. The lowest BCUT2D eigenvalue weighted by atomic mass is 10.1. The first kappa shape index (κ1) is 19.0. The highest BCUT2D eigenvalue weighted by Crippen LogP contribution is 2.16. The van der Waals surface area contributed by atoms with Crippen molar-refractivity contribution in [2.75, 3.05) is 31.6 Å². The van der Waals surface area contributed by atoms with Crippen molar-refractivity contribution >= 4 is 17.8 Å². The van der Waals surface area contributed by atoms with Crippen molar-refractivity contribution in [3.63, 3.8) is 0 Å². The number of ether oxygens (including phenoxy) is 1. The van der Waals surface area contributed by atoms with E-state index in [4.69, 9.17) is 4.74 Å². The third-order valence-corrected chi connectivity index (χ3v) is 4.09. The Morgan fingerprint density at radius 1 is 1.28 bits per heavy atom. The SMILES string of the molecule is CCCCNC(=O)c1cc(NC2CCN(C(=O)OCC)CC2)ncn1. The van der Waals surface area contributed by atoms with Crippen molar-refractivity contribution in [1.29, 1.82) is 0 Å². The lowest BCUT2D eigenvalue weighted by molar-refractivity contribution is 0.0945. The highest BCUT2D eigenvalue weighted by Gasteiger charge is 2.23. The van der Waals surface area contributed by atoms with Crippen molar-refractivity contribution in [3.05, 3.63) is 18.1 Å². The second-order valence-corrected chi connectivity index (χ2v) is 6.00. The number of hydrogen-bond acceptors (Lipinski definition) is 6. The zero-order valence-electron chi connectivity index (χ0n) is 15.0. The Balaban J connectivity index is 1.84. The molecule has 8 heteroatoms. The van der Waals surface area contributed by atoms with E-state index in [0.717, 1.165) is 25.7 Å². The quantitative estimate of drug-likeness (QED) is 0.731. The van der Waals surface area contributed by atoms with Gasteiger partial charge in [-0.1, -0.05) is 13.3 Å². The summed E-state index contributed by atoms with van der Waals surface area (Å²) in [5.41, 5.74) is 0.359. The molecule has 0 aliphatic carbocycles. The average molecular weight is 349 g/mol. The van der Waals surface area contributed by atoms with Crippen LogP contribution in [0.4, 0.5) is 10.6 Å². The number of nitrogens with one attached hydrogen (secondary N) is 2. The molecule has 25 heavy (non-hydrogen) atoms. The maximum Gasteiger partial charge on any atom is 0.409 e. The van der Waals surface area contributed by atoms with E-state index in [1.54, 1.807) is 17.9 Å². The van der Waals surface area contributed by atoms with Gasteiger partial charge >= 0.3 is 6.09 Å². The summed E-state index contributed by atoms with van der Waals surface area (Å²) in [5.74, 6) is 0.446. The van der Waals surface area contributed by atoms with E-state index in [1.807, 2.05) is 0 Å². The van der Waals surface area contributed by atoms with Crippen LogP contribution < -0.4 is 10.6 Å². The fourth-order valence-electron chi connectivity index (χ4n) is 2.66. The molecule has 0 aromatic carbocycles. The van der Waals surface area contributed by atoms with E-state index in [2.05, 4.69) is 27.5 Å². The van der Waals surface area contributed by atoms with Crippen LogP contribution in [0.25, 0.3) is 0 Å². The standard InChI is InChI=1S/C17H27N5O3/c1-3-5-8-18-16(23)14-11-15(20-12-19-14)21-13-6-9-22(10-7-13)17(24)25-4-2/h11-13H,3-10H2,1-2H3,(H,18,23)(H,19,20,21). The Labute approximate surface area is 148 Å². The molecule has 138 valence electrons. The molecule has 1 aromatic rings. The van der Waals surface area contributed by atoms with E-state index >= 15 is 0 Å². The van der Waals surface area contributed by atoms with Gasteiger partial charge in [-0.2, -0.15) is 0 Å². The average Bonchev–Trinajstić information content (AvgIpc) is 2.63. The molecule has 2 N–H and O–H groups in total. The number of nitrogens with zero attached hydrogens (tertiary/aromatic N) is 3. The molecule has 1 aromatic heterocycles. The number of unbranched alkanes of at least 4 members (excludes halogenated alkanes) is 1. The van der Waals surface area contributed by atoms with Crippen molar-refractivity contribution < 1.29 is 14.3 Å². The summed E-state index contributed by atoms with van der Waals surface area (Å²) >= 11 is 0. The zero-order valence-corrected chi connectivity index (χ0v) is 15.0. The monoisotopic (exact) mass is 349 g/mol. The predicted octanol–water partition coefficient (Wildman–Crippen LogP) is 2.04. The van der Waals surface area contributed by atoms with E-state index in [1.165, 1.54) is 6.33 Å². The Kier molecular flexibility index (Phi) is 7.43. The van der Waals surface area contributed by atoms with E-state index in [0.29, 0.717) is 37.8 Å². The second kappa shape index (κ2) is 9.80. The van der Waals surface area contributed by atoms with E-state index in [9.17, 15) is 9.59 Å². The van der Waals surface area contributed by atoms with Gasteiger partial charge < -0.3 is 20.3 Å². The van der Waals surface area contributed by atoms with Crippen LogP contribution in [0.15, 0.2) is 12.4 Å². The van der Waals surface area contributed by atoms with Crippen LogP contribution in [0.5, 0.6) is 0 Å². The minimum Gasteiger partial charge on any atom is -0.450 e. The first-order valence-electron chi connectivity index (χ1n) is 8.92. The molecule has 1 saturated heterocycles. The van der Waals surface area contributed by atoms with Gasteiger partial charge in [-0.3, -0.25) is 4.79 Å². The van der Waals surface area contributed by atoms with Gasteiger partial charge in [0.1, 0.15) is 17.8 Å². The molecule has 2 amide bonds. The first-order valence-corrected chi connectivity index (χ1v) is 8.92. The molecule has 1 aliphatic heterocycles. The normalized spacial score (nSPS) is 14.9. The van der Waals surface area contributed by atoms with Gasteiger partial charge in [0.05, 0.1) is 6.61 Å². The van der Waals surface area contributed by atoms with Crippen LogP contribution in [0.2, 0.25) is 0 Å². The second-order valence-electron chi connectivity index (χ2n) is 6.00. The fourth-order valence-corrected chi connectivity index (χ4v) is 2.66. The lowest BCUT2D eigenvalue weighted by Gasteiger charge is -2.31. The molecule has 0 saturated carbocycles. The fraction of sp³-hybridized carbons (Fsp3) is 0.647. The number of piperidine rings is 1. The number of carbonyl (C=O) groups is 2. The number of carbonyl (C=O) groups excluding carboxylic acids is 2. The van der Waals surface area contributed by atoms with Gasteiger partial charge in [-0.25, -0.2) is 14.8 Å². The number of rotatable bonds is 7. The van der Waals surface area contributed by atoms with Crippen LogP contribution in [0.1, 0.15) is 50.0 Å². The maximum atomic E-state index is 12.1. The number of aromatic nitrogens is 2. The Morgan fingerprint density at radius 3 is 2.72 bits per heavy atom. The molecule has 1 aliphatic rings. The Hall–Kier alpha value is -2.38. The largest absolute Gasteiger partial charge is 0.450 e. The molecule has 0 unspecified atom stereocenters. The topological polar surface area (TPSA) is 96.5 Å². The van der Waals surface area contributed by atoms with Gasteiger partial charge in [-0.15, -0.1) is 0 Å². The summed E-state index contributed by atoms with van der Waals surface area (Å²) in [6.45, 7) is 6.21. The van der Waals surface area contributed by atoms with Gasteiger partial charge in [-0.05, 0) is 26.2 Å². The van der Waals surface area contributed by atoms with Gasteiger partial charge in [0.15, 0.2) is 0 Å². The third kappa shape index (κ3) is 5.88. The predicted molar refractivity (Wildman–Crippen MR) is 94.5 cm³/mol. The Morgan fingerprint density at radius 2 is 2.04 bits per heavy atom. The number of anilines is 1. The highest BCUT2D eigenvalue weighted by atomic mass is 16.6. The molecular weight excluding hydrogens is 322 g/mol. The van der Waals surface area contributed by atoms with E-state index < -0.39 is 0 Å². The molecule has 8 nitrogen and oxygen atoms in total. The first-order chi connectivity index (χ1) is 12.1. The summed E-state index contributed by atoms with van der Waals surface area (Å²) in [6, 6.07) is 1.87. The molecule has 0 spiro atoms. The van der Waals surface area contributed by atoms with Gasteiger partial charge in [0, 0.05) is 31.7 Å². The molecule has 0 atom stereocenters. The van der Waals surface area contributed by atoms with Crippen LogP contribution in [-0.2, 0) is 4.74 Å². The van der Waals surface area contributed by atoms with Crippen molar-refractivity contribution in [1.82, 2.24) is 20.2 Å². The zero-order chi connectivity index (χ0) is 18.1. The molecule has 2 heterocycles. The van der Waals surface area contributed by atoms with Crippen molar-refractivity contribution in [2.45, 2.75) is 45.6 Å². The smallest absolute Gasteiger partial charge is 0.409 e. The number of amides is 2. The summed E-state index contributed by atoms with van der Waals surface area (Å²) in [6.07, 6.45) is 4.73. The number of hydrogen-bond donors (Lipinski definition) is 2. The van der Waals surface area contributed by atoms with Crippen LogP contribution in [-0.4, -0.2) is 59.2 Å². The van der Waals surface area contributed by atoms with Crippen LogP contribution in [0.3, 0.4) is 0 Å². The maximum absolute atomic E-state index is 12.1. The van der Waals surface area contributed by atoms with Crippen LogP contribution >= 0.6 is 0 Å². The van der Waals surface area contributed by atoms with Gasteiger partial charge in [0.2, 0.25) is 0 Å². The van der Waals surface area contributed by atoms with Crippen molar-refractivity contribution in [2.24, 2.45) is 0 Å². The Bertz CT molecular complexity index is 573. The lowest BCUT2D eigenvalue weighted by Crippen LogP contribution is -2.42. The highest BCUT2D eigenvalue weighted by molar-refractivity contribution is 5.92. The van der Waals surface area contributed by atoms with Gasteiger partial charge in [0.25, 0.3) is 5.91 Å². The summed E-state index contributed by atoms with van der Waals surface area (Å²) in [5, 5.41) is 6.17. The summed E-state index contributed by atoms with van der Waals surface area (Å²) in [4.78, 5) is 33.7. The van der Waals surface area contributed by atoms with Crippen LogP contribution in [0, 0.1) is 0 Å². The minimum atomic E-state index is -0.256. The summed E-state index contributed by atoms with van der Waals surface area (Å²) < 4.78 is 5.02. The molecule has 0 radical (unpaired) electrons. The van der Waals surface area contributed by atoms with Crippen molar-refractivity contribution in [3.8, 4) is 0 Å². The molecule has 0 bridgehead atoms. The summed E-state index contributed by atoms with van der Waals surface area (Å²) in [7, 11) is 0. The third-order valence-electron chi connectivity index (χ3n) is 4.09. The number of likely N-dealkylation sites (tertiary alicyclic amines) is 1. The molecule has 2 rings (SSSR count).